The van der Waals surface area contributed by atoms with Crippen LogP contribution in [0.3, 0.4) is 0 Å². The van der Waals surface area contributed by atoms with Crippen LogP contribution in [0.5, 0.6) is 0 Å². The second-order valence-electron chi connectivity index (χ2n) is 13.2. The molecule has 298 valence electrons. The molecule has 0 saturated carbocycles. The lowest BCUT2D eigenvalue weighted by molar-refractivity contribution is -0.316. The molecule has 0 bridgehead atoms. The van der Waals surface area contributed by atoms with Gasteiger partial charge in [-0.15, -0.1) is 0 Å². The Morgan fingerprint density at radius 3 is 1.49 bits per heavy atom. The Labute approximate surface area is 330 Å². The van der Waals surface area contributed by atoms with Crippen molar-refractivity contribution in [2.45, 2.75) is 83.6 Å². The summed E-state index contributed by atoms with van der Waals surface area (Å²) in [6.07, 6.45) is -9.31. The minimum Gasteiger partial charge on any atom is -0.463 e. The normalized spacial score (nSPS) is 19.9. The molecule has 1 heterocycles. The Hall–Kier alpha value is -6.18. The zero-order valence-electron chi connectivity index (χ0n) is 32.2. The maximum absolute atomic E-state index is 14.7. The number of hydrogen-bond acceptors (Lipinski definition) is 13. The van der Waals surface area contributed by atoms with Gasteiger partial charge in [0.1, 0.15) is 12.7 Å². The predicted octanol–water partition coefficient (Wildman–Crippen LogP) is 5.71. The third-order valence-electron chi connectivity index (χ3n) is 8.78. The smallest absolute Gasteiger partial charge is 0.334 e. The maximum atomic E-state index is 14.7. The minimum absolute atomic E-state index is 0.450. The molecule has 0 aromatic heterocycles. The van der Waals surface area contributed by atoms with Crippen molar-refractivity contribution >= 4 is 35.6 Å². The van der Waals surface area contributed by atoms with Crippen molar-refractivity contribution in [1.82, 2.24) is 0 Å². The highest BCUT2D eigenvalue weighted by Gasteiger charge is 2.53. The Balaban J connectivity index is 1.61. The third kappa shape index (κ3) is 11.7. The Morgan fingerprint density at radius 2 is 1.04 bits per heavy atom. The van der Waals surface area contributed by atoms with Crippen molar-refractivity contribution in [3.8, 4) is 0 Å². The second-order valence-corrected chi connectivity index (χ2v) is 13.2. The van der Waals surface area contributed by atoms with Gasteiger partial charge in [-0.25, -0.2) is 4.79 Å². The average Bonchev–Trinajstić information content (AvgIpc) is 3.19. The van der Waals surface area contributed by atoms with Gasteiger partial charge in [-0.1, -0.05) is 121 Å². The van der Waals surface area contributed by atoms with E-state index < -0.39 is 85.4 Å². The second kappa shape index (κ2) is 20.1. The van der Waals surface area contributed by atoms with Crippen LogP contribution in [0.15, 0.2) is 126 Å². The number of carbonyl (C=O) groups is 5. The minimum atomic E-state index is -1.58. The summed E-state index contributed by atoms with van der Waals surface area (Å²) in [5.41, 5.74) is 3.26. The van der Waals surface area contributed by atoms with Gasteiger partial charge in [0.2, 0.25) is 0 Å². The van der Waals surface area contributed by atoms with Crippen molar-refractivity contribution in [3.05, 3.63) is 144 Å². The lowest BCUT2D eigenvalue weighted by Crippen LogP contribution is -2.63. The van der Waals surface area contributed by atoms with Gasteiger partial charge in [0.25, 0.3) is 0 Å². The SMILES string of the molecule is CC(=O)OC[C@H]1O[C@@H](O[C@@H](C)[C@@H](N=C(c2ccccc2)c2ccccc2)C(=O)OC(c2ccccc2)c2ccccc2)[C@H](OC(C)=O)[C@@H](OC(C)=O)[C@@H]1OC(C)=O. The van der Waals surface area contributed by atoms with E-state index in [1.54, 1.807) is 6.92 Å². The van der Waals surface area contributed by atoms with E-state index in [0.29, 0.717) is 28.0 Å². The molecule has 1 fully saturated rings. The molecule has 0 aliphatic carbocycles. The molecule has 0 radical (unpaired) electrons. The summed E-state index contributed by atoms with van der Waals surface area (Å²) < 4.78 is 41.0. The average molecular weight is 780 g/mol. The van der Waals surface area contributed by atoms with E-state index in [1.165, 1.54) is 6.92 Å². The summed E-state index contributed by atoms with van der Waals surface area (Å²) in [5, 5.41) is 0. The van der Waals surface area contributed by atoms with E-state index in [2.05, 4.69) is 0 Å². The lowest BCUT2D eigenvalue weighted by atomic mass is 9.97. The number of esters is 5. The molecular weight excluding hydrogens is 734 g/mol. The number of rotatable bonds is 15. The first-order valence-corrected chi connectivity index (χ1v) is 18.4. The van der Waals surface area contributed by atoms with Gasteiger partial charge in [0.15, 0.2) is 36.7 Å². The van der Waals surface area contributed by atoms with Crippen LogP contribution in [0.2, 0.25) is 0 Å². The number of benzene rings is 4. The summed E-state index contributed by atoms with van der Waals surface area (Å²) in [6.45, 7) is 5.66. The molecule has 57 heavy (non-hydrogen) atoms. The molecule has 1 saturated heterocycles. The molecule has 5 rings (SSSR count). The van der Waals surface area contributed by atoms with Crippen molar-refractivity contribution in [2.24, 2.45) is 4.99 Å². The quantitative estimate of drug-likeness (QED) is 0.0822. The molecule has 0 N–H and O–H groups in total. The van der Waals surface area contributed by atoms with Gasteiger partial charge < -0.3 is 33.2 Å². The van der Waals surface area contributed by atoms with Crippen LogP contribution in [0, 0.1) is 0 Å². The van der Waals surface area contributed by atoms with E-state index in [0.717, 1.165) is 20.8 Å². The van der Waals surface area contributed by atoms with Crippen LogP contribution >= 0.6 is 0 Å². The first-order valence-electron chi connectivity index (χ1n) is 18.4. The number of carbonyl (C=O) groups excluding carboxylic acids is 5. The fraction of sp³-hybridized carbons (Fsp3) is 0.318. The van der Waals surface area contributed by atoms with Crippen LogP contribution < -0.4 is 0 Å². The summed E-state index contributed by atoms with van der Waals surface area (Å²) >= 11 is 0. The van der Waals surface area contributed by atoms with E-state index >= 15 is 0 Å². The van der Waals surface area contributed by atoms with E-state index in [4.69, 9.17) is 38.2 Å². The van der Waals surface area contributed by atoms with E-state index in [-0.39, 0.29) is 0 Å². The summed E-state index contributed by atoms with van der Waals surface area (Å²) in [6, 6.07) is 35.6. The lowest BCUT2D eigenvalue weighted by Gasteiger charge is -2.44. The molecule has 13 nitrogen and oxygen atoms in total. The maximum Gasteiger partial charge on any atom is 0.334 e. The van der Waals surface area contributed by atoms with Crippen molar-refractivity contribution < 1.29 is 57.1 Å². The van der Waals surface area contributed by atoms with E-state index in [9.17, 15) is 24.0 Å². The third-order valence-corrected chi connectivity index (χ3v) is 8.78. The zero-order chi connectivity index (χ0) is 40.9. The molecule has 4 aromatic carbocycles. The van der Waals surface area contributed by atoms with Gasteiger partial charge in [-0.05, 0) is 18.1 Å². The highest BCUT2D eigenvalue weighted by Crippen LogP contribution is 2.33. The number of ether oxygens (including phenoxy) is 7. The number of hydrogen-bond donors (Lipinski definition) is 0. The van der Waals surface area contributed by atoms with Gasteiger partial charge in [-0.2, -0.15) is 0 Å². The predicted molar refractivity (Wildman–Crippen MR) is 206 cm³/mol. The molecule has 0 unspecified atom stereocenters. The van der Waals surface area contributed by atoms with E-state index in [1.807, 2.05) is 121 Å². The Morgan fingerprint density at radius 1 is 0.596 bits per heavy atom. The highest BCUT2D eigenvalue weighted by molar-refractivity contribution is 6.13. The van der Waals surface area contributed by atoms with Gasteiger partial charge in [0.05, 0.1) is 11.8 Å². The van der Waals surface area contributed by atoms with Gasteiger partial charge in [0, 0.05) is 38.8 Å². The number of aliphatic imine (C=N–C) groups is 1. The molecular formula is C44H45NO12. The first kappa shape index (κ1) is 42.0. The highest BCUT2D eigenvalue weighted by atomic mass is 16.7. The van der Waals surface area contributed by atoms with Crippen molar-refractivity contribution in [2.75, 3.05) is 6.61 Å². The summed E-state index contributed by atoms with van der Waals surface area (Å²) in [7, 11) is 0. The fourth-order valence-electron chi connectivity index (χ4n) is 6.35. The molecule has 0 spiro atoms. The van der Waals surface area contributed by atoms with Crippen molar-refractivity contribution in [1.29, 1.82) is 0 Å². The van der Waals surface area contributed by atoms with Crippen LogP contribution in [-0.2, 0) is 57.1 Å². The van der Waals surface area contributed by atoms with Gasteiger partial charge in [-0.3, -0.25) is 24.2 Å². The molecule has 13 heteroatoms. The molecule has 7 atom stereocenters. The molecule has 1 aliphatic heterocycles. The largest absolute Gasteiger partial charge is 0.463 e. The number of nitrogens with zero attached hydrogens (tertiary/aromatic N) is 1. The van der Waals surface area contributed by atoms with Crippen LogP contribution in [-0.4, -0.2) is 85.0 Å². The molecule has 1 aliphatic rings. The van der Waals surface area contributed by atoms with Crippen LogP contribution in [0.4, 0.5) is 0 Å². The fourth-order valence-corrected chi connectivity index (χ4v) is 6.35. The van der Waals surface area contributed by atoms with Gasteiger partial charge >= 0.3 is 29.8 Å². The summed E-state index contributed by atoms with van der Waals surface area (Å²) in [4.78, 5) is 69.0. The van der Waals surface area contributed by atoms with Crippen LogP contribution in [0.25, 0.3) is 0 Å². The standard InChI is InChI=1S/C44H45NO12/c1-27(52-44-42(55-31(5)49)41(54-30(4)48)40(53-29(3)47)36(56-44)26-51-28(2)46)37(45-38(32-18-10-6-11-19-32)33-20-12-7-13-21-33)43(50)57-39(34-22-14-8-15-23-34)35-24-16-9-17-25-35/h6-25,27,36-37,39-42,44H,26H2,1-5H3/t27-,36+,37+,40+,41-,42+,44+/m0/s1. The Kier molecular flexibility index (Phi) is 14.8. The van der Waals surface area contributed by atoms with Crippen LogP contribution in [0.1, 0.15) is 63.0 Å². The summed E-state index contributed by atoms with van der Waals surface area (Å²) in [5.74, 6) is -3.82. The topological polar surface area (TPSA) is 162 Å². The Bertz CT molecular complexity index is 1910. The zero-order valence-corrected chi connectivity index (χ0v) is 32.2. The molecule has 0 amide bonds. The first-order chi connectivity index (χ1) is 27.4. The monoisotopic (exact) mass is 779 g/mol. The van der Waals surface area contributed by atoms with Crippen molar-refractivity contribution in [3.63, 3.8) is 0 Å². The molecule has 4 aromatic rings.